The maximum absolute atomic E-state index is 12.2. The lowest BCUT2D eigenvalue weighted by Crippen LogP contribution is -2.83. The number of carbonyl (C=O) groups is 1. The Bertz CT molecular complexity index is 790. The van der Waals surface area contributed by atoms with Gasteiger partial charge in [-0.1, -0.05) is 5.16 Å². The van der Waals surface area contributed by atoms with Gasteiger partial charge in [0.2, 0.25) is 0 Å². The van der Waals surface area contributed by atoms with Gasteiger partial charge in [0.1, 0.15) is 29.9 Å². The lowest BCUT2D eigenvalue weighted by atomic mass is 10.0. The minimum Gasteiger partial charge on any atom is -0.487 e. The van der Waals surface area contributed by atoms with Crippen molar-refractivity contribution in [2.45, 2.75) is 51.7 Å². The Hall–Kier alpha value is -2.67. The summed E-state index contributed by atoms with van der Waals surface area (Å²) in [6.07, 6.45) is 4.52. The molecule has 3 N–H and O–H groups in total. The normalized spacial score (nSPS) is 14.1. The number of hydrogen-bond acceptors (Lipinski definition) is 6. The van der Waals surface area contributed by atoms with Gasteiger partial charge < -0.3 is 19.4 Å². The maximum Gasteiger partial charge on any atom is 0.518 e. The highest BCUT2D eigenvalue weighted by Gasteiger charge is 2.30. The average molecular weight is 358 g/mol. The van der Waals surface area contributed by atoms with Crippen LogP contribution in [0.1, 0.15) is 56.4 Å². The average Bonchev–Trinajstić information content (AvgIpc) is 3.26. The summed E-state index contributed by atoms with van der Waals surface area (Å²) in [5.74, 6) is 1.15. The summed E-state index contributed by atoms with van der Waals surface area (Å²) in [6.45, 7) is 5.74. The molecule has 1 saturated carbocycles. The number of ether oxygens (including phenoxy) is 2. The first-order valence-corrected chi connectivity index (χ1v) is 8.64. The van der Waals surface area contributed by atoms with Gasteiger partial charge in [-0.25, -0.2) is 5.32 Å². The predicted octanol–water partition coefficient (Wildman–Crippen LogP) is 3.26. The Morgan fingerprint density at radius 3 is 2.77 bits per heavy atom. The Kier molecular flexibility index (Phi) is 5.08. The van der Waals surface area contributed by atoms with E-state index in [2.05, 4.69) is 5.16 Å². The SMILES string of the molecule is CC(C)(C)OC(=O)[NH2+]c1cc(OCc2ccon2)c(C2CC2)cc1C=N. The molecule has 138 valence electrons. The first kappa shape index (κ1) is 18.1. The number of primary amides is 1. The van der Waals surface area contributed by atoms with E-state index in [1.54, 1.807) is 12.1 Å². The van der Waals surface area contributed by atoms with Gasteiger partial charge in [-0.2, -0.15) is 4.79 Å². The zero-order valence-corrected chi connectivity index (χ0v) is 15.2. The fraction of sp³-hybridized carbons (Fsp3) is 0.421. The Balaban J connectivity index is 1.84. The minimum absolute atomic E-state index is 0.284. The molecule has 0 aliphatic heterocycles. The van der Waals surface area contributed by atoms with Crippen LogP contribution in [0.4, 0.5) is 10.5 Å². The summed E-state index contributed by atoms with van der Waals surface area (Å²) in [7, 11) is 0. The first-order valence-electron chi connectivity index (χ1n) is 8.64. The van der Waals surface area contributed by atoms with Crippen molar-refractivity contribution in [2.75, 3.05) is 0 Å². The van der Waals surface area contributed by atoms with Crippen molar-refractivity contribution in [1.29, 1.82) is 5.41 Å². The van der Waals surface area contributed by atoms with Crippen molar-refractivity contribution in [2.24, 2.45) is 0 Å². The second kappa shape index (κ2) is 7.29. The molecule has 26 heavy (non-hydrogen) atoms. The van der Waals surface area contributed by atoms with Crippen molar-refractivity contribution in [1.82, 2.24) is 5.16 Å². The first-order chi connectivity index (χ1) is 12.4. The molecule has 0 saturated heterocycles. The quantitative estimate of drug-likeness (QED) is 0.609. The molecule has 1 aromatic carbocycles. The van der Waals surface area contributed by atoms with Crippen molar-refractivity contribution in [3.8, 4) is 5.75 Å². The van der Waals surface area contributed by atoms with E-state index in [9.17, 15) is 4.79 Å². The van der Waals surface area contributed by atoms with Gasteiger partial charge in [0.15, 0.2) is 5.69 Å². The fourth-order valence-electron chi connectivity index (χ4n) is 2.64. The number of aromatic nitrogens is 1. The molecule has 1 aliphatic carbocycles. The molecule has 0 unspecified atom stereocenters. The summed E-state index contributed by atoms with van der Waals surface area (Å²) in [4.78, 5) is 12.2. The summed E-state index contributed by atoms with van der Waals surface area (Å²) in [5, 5.41) is 12.9. The number of benzene rings is 1. The summed E-state index contributed by atoms with van der Waals surface area (Å²) in [5.41, 5.74) is 2.47. The third-order valence-corrected chi connectivity index (χ3v) is 3.94. The van der Waals surface area contributed by atoms with Crippen molar-refractivity contribution < 1.29 is 24.1 Å². The summed E-state index contributed by atoms with van der Waals surface area (Å²) >= 11 is 0. The van der Waals surface area contributed by atoms with E-state index in [-0.39, 0.29) is 6.61 Å². The Labute approximate surface area is 152 Å². The lowest BCUT2D eigenvalue weighted by molar-refractivity contribution is -0.486. The van der Waals surface area contributed by atoms with E-state index in [0.29, 0.717) is 28.6 Å². The summed E-state index contributed by atoms with van der Waals surface area (Å²) in [6, 6.07) is 5.48. The second-order valence-corrected chi connectivity index (χ2v) is 7.39. The van der Waals surface area contributed by atoms with Crippen molar-refractivity contribution in [3.05, 3.63) is 41.3 Å². The molecular formula is C19H24N3O4+. The molecular weight excluding hydrogens is 334 g/mol. The van der Waals surface area contributed by atoms with Crippen LogP contribution in [0, 0.1) is 5.41 Å². The van der Waals surface area contributed by atoms with E-state index < -0.39 is 11.7 Å². The van der Waals surface area contributed by atoms with E-state index in [0.717, 1.165) is 18.4 Å². The predicted molar refractivity (Wildman–Crippen MR) is 95.0 cm³/mol. The van der Waals surface area contributed by atoms with Crippen LogP contribution in [0.5, 0.6) is 5.75 Å². The maximum atomic E-state index is 12.2. The van der Waals surface area contributed by atoms with Gasteiger partial charge in [-0.15, -0.1) is 0 Å². The van der Waals surface area contributed by atoms with Crippen molar-refractivity contribution in [3.63, 3.8) is 0 Å². The largest absolute Gasteiger partial charge is 0.518 e. The Morgan fingerprint density at radius 1 is 1.42 bits per heavy atom. The standard InChI is InChI=1S/C19H23N3O4/c1-19(2,3)26-18(23)21-16-9-17(24-11-14-6-7-25-22-14)15(12-4-5-12)8-13(16)10-20/h6-10,12,20H,4-5,11H2,1-3H3,(H,21,23)/p+1. The van der Waals surface area contributed by atoms with Gasteiger partial charge in [0, 0.05) is 18.3 Å². The monoisotopic (exact) mass is 358 g/mol. The molecule has 3 rings (SSSR count). The van der Waals surface area contributed by atoms with E-state index in [1.807, 2.05) is 26.8 Å². The lowest BCUT2D eigenvalue weighted by Gasteiger charge is -2.18. The van der Waals surface area contributed by atoms with Crippen LogP contribution in [0.25, 0.3) is 0 Å². The van der Waals surface area contributed by atoms with Gasteiger partial charge in [-0.05, 0) is 51.2 Å². The molecule has 1 fully saturated rings. The van der Waals surface area contributed by atoms with Crippen LogP contribution in [-0.4, -0.2) is 23.1 Å². The highest BCUT2D eigenvalue weighted by molar-refractivity contribution is 5.85. The van der Waals surface area contributed by atoms with Gasteiger partial charge >= 0.3 is 6.09 Å². The van der Waals surface area contributed by atoms with Gasteiger partial charge in [-0.3, -0.25) is 0 Å². The zero-order valence-electron chi connectivity index (χ0n) is 15.2. The fourth-order valence-corrected chi connectivity index (χ4v) is 2.64. The number of nitrogens with zero attached hydrogens (tertiary/aromatic N) is 1. The molecule has 1 aromatic heterocycles. The molecule has 7 nitrogen and oxygen atoms in total. The van der Waals surface area contributed by atoms with Crippen LogP contribution >= 0.6 is 0 Å². The number of quaternary nitrogens is 1. The molecule has 1 heterocycles. The van der Waals surface area contributed by atoms with Gasteiger partial charge in [0.25, 0.3) is 0 Å². The summed E-state index contributed by atoms with van der Waals surface area (Å²) < 4.78 is 16.1. The van der Waals surface area contributed by atoms with E-state index in [1.165, 1.54) is 17.8 Å². The van der Waals surface area contributed by atoms with Crippen LogP contribution in [-0.2, 0) is 11.3 Å². The van der Waals surface area contributed by atoms with Crippen LogP contribution in [0.2, 0.25) is 0 Å². The van der Waals surface area contributed by atoms with E-state index >= 15 is 0 Å². The number of carbonyl (C=O) groups excluding carboxylic acids is 1. The number of nitrogens with one attached hydrogen (secondary N) is 1. The molecule has 7 heteroatoms. The molecule has 0 bridgehead atoms. The Morgan fingerprint density at radius 2 is 2.19 bits per heavy atom. The zero-order chi connectivity index (χ0) is 18.7. The molecule has 0 atom stereocenters. The van der Waals surface area contributed by atoms with Crippen molar-refractivity contribution >= 4 is 18.0 Å². The second-order valence-electron chi connectivity index (χ2n) is 7.39. The number of rotatable bonds is 6. The molecule has 1 amide bonds. The molecule has 0 spiro atoms. The number of amides is 1. The third kappa shape index (κ3) is 4.70. The third-order valence-electron chi connectivity index (χ3n) is 3.94. The molecule has 1 aliphatic rings. The molecule has 0 radical (unpaired) electrons. The van der Waals surface area contributed by atoms with E-state index in [4.69, 9.17) is 19.4 Å². The number of hydrogen-bond donors (Lipinski definition) is 2. The highest BCUT2D eigenvalue weighted by atomic mass is 16.6. The topological polar surface area (TPSA) is 102 Å². The highest BCUT2D eigenvalue weighted by Crippen LogP contribution is 2.45. The molecule has 2 aromatic rings. The van der Waals surface area contributed by atoms with Crippen LogP contribution in [0.3, 0.4) is 0 Å². The smallest absolute Gasteiger partial charge is 0.487 e. The minimum atomic E-state index is -0.571. The van der Waals surface area contributed by atoms with Gasteiger partial charge in [0.05, 0.1) is 5.56 Å². The number of nitrogens with two attached hydrogens (primary N) is 1. The van der Waals surface area contributed by atoms with Crippen LogP contribution < -0.4 is 10.1 Å². The van der Waals surface area contributed by atoms with Crippen LogP contribution in [0.15, 0.2) is 29.0 Å².